The number of anilines is 1. The Bertz CT molecular complexity index is 1280. The van der Waals surface area contributed by atoms with Crippen molar-refractivity contribution in [1.29, 1.82) is 0 Å². The molecular formula is C24H25N7O2. The molecule has 168 valence electrons. The largest absolute Gasteiger partial charge is 0.465 e. The van der Waals surface area contributed by atoms with Gasteiger partial charge in [0.05, 0.1) is 5.56 Å². The van der Waals surface area contributed by atoms with E-state index in [4.69, 9.17) is 15.8 Å². The number of rotatable bonds is 5. The fourth-order valence-corrected chi connectivity index (χ4v) is 4.36. The van der Waals surface area contributed by atoms with Crippen LogP contribution in [0.5, 0.6) is 0 Å². The lowest BCUT2D eigenvalue weighted by atomic mass is 10.0. The first-order chi connectivity index (χ1) is 16.1. The van der Waals surface area contributed by atoms with E-state index >= 15 is 0 Å². The van der Waals surface area contributed by atoms with E-state index in [0.717, 1.165) is 54.9 Å². The van der Waals surface area contributed by atoms with Gasteiger partial charge in [-0.3, -0.25) is 9.47 Å². The van der Waals surface area contributed by atoms with Crippen molar-refractivity contribution >= 4 is 23.1 Å². The molecule has 0 bridgehead atoms. The van der Waals surface area contributed by atoms with Crippen LogP contribution in [0.25, 0.3) is 28.2 Å². The number of nitrogens with zero attached hydrogens (tertiary/aromatic N) is 5. The van der Waals surface area contributed by atoms with Crippen LogP contribution in [-0.4, -0.2) is 54.8 Å². The summed E-state index contributed by atoms with van der Waals surface area (Å²) in [6, 6.07) is 16.0. The number of hydrogen-bond donors (Lipinski definition) is 3. The van der Waals surface area contributed by atoms with Crippen LogP contribution >= 0.6 is 0 Å². The summed E-state index contributed by atoms with van der Waals surface area (Å²) < 4.78 is 2.01. The van der Waals surface area contributed by atoms with E-state index in [1.807, 2.05) is 28.8 Å². The number of carboxylic acid groups (broad SMARTS) is 1. The summed E-state index contributed by atoms with van der Waals surface area (Å²) in [5, 5.41) is 11.5. The standard InChI is InChI=1S/C24H25N7O2/c25-21-19(3-1-11-26-21)22-29-20-4-2-12-27-23(20)31(22)18-7-5-16(6-8-18)15-30-13-9-17(10-14-30)28-24(32)33/h1-8,11-12,17,28H,9-10,13-15H2,(H2,25,26)(H,32,33). The highest BCUT2D eigenvalue weighted by atomic mass is 16.4. The molecular weight excluding hydrogens is 418 g/mol. The van der Waals surface area contributed by atoms with Gasteiger partial charge in [0.15, 0.2) is 11.5 Å². The Labute approximate surface area is 190 Å². The zero-order chi connectivity index (χ0) is 22.8. The molecule has 3 aromatic heterocycles. The fraction of sp³-hybridized carbons (Fsp3) is 0.250. The normalized spacial score (nSPS) is 15.0. The second-order valence-corrected chi connectivity index (χ2v) is 8.22. The van der Waals surface area contributed by atoms with Crippen LogP contribution in [-0.2, 0) is 6.54 Å². The summed E-state index contributed by atoms with van der Waals surface area (Å²) in [7, 11) is 0. The molecule has 33 heavy (non-hydrogen) atoms. The van der Waals surface area contributed by atoms with Gasteiger partial charge in [-0.15, -0.1) is 0 Å². The molecule has 9 heteroatoms. The molecule has 1 fully saturated rings. The molecule has 0 spiro atoms. The first kappa shape index (κ1) is 20.9. The Kier molecular flexibility index (Phi) is 5.62. The Morgan fingerprint density at radius 3 is 2.52 bits per heavy atom. The van der Waals surface area contributed by atoms with Crippen LogP contribution in [0.4, 0.5) is 10.6 Å². The number of likely N-dealkylation sites (tertiary alicyclic amines) is 1. The van der Waals surface area contributed by atoms with Crippen molar-refractivity contribution in [1.82, 2.24) is 29.7 Å². The molecule has 1 aliphatic heterocycles. The van der Waals surface area contributed by atoms with Gasteiger partial charge >= 0.3 is 6.09 Å². The minimum atomic E-state index is -0.946. The summed E-state index contributed by atoms with van der Waals surface area (Å²) in [6.07, 6.45) is 4.13. The van der Waals surface area contributed by atoms with E-state index in [-0.39, 0.29) is 6.04 Å². The third-order valence-corrected chi connectivity index (χ3v) is 6.01. The highest BCUT2D eigenvalue weighted by molar-refractivity contribution is 5.82. The smallest absolute Gasteiger partial charge is 0.404 e. The molecule has 0 saturated carbocycles. The SMILES string of the molecule is Nc1ncccc1-c1nc2cccnc2n1-c1ccc(CN2CCC(NC(=O)O)CC2)cc1. The van der Waals surface area contributed by atoms with Gasteiger partial charge in [0, 0.05) is 43.8 Å². The van der Waals surface area contributed by atoms with Gasteiger partial charge in [-0.2, -0.15) is 0 Å². The van der Waals surface area contributed by atoms with Crippen LogP contribution in [0.2, 0.25) is 0 Å². The lowest BCUT2D eigenvalue weighted by Crippen LogP contribution is -2.43. The number of pyridine rings is 2. The van der Waals surface area contributed by atoms with Crippen molar-refractivity contribution in [3.63, 3.8) is 0 Å². The summed E-state index contributed by atoms with van der Waals surface area (Å²) in [6.45, 7) is 2.56. The molecule has 5 rings (SSSR count). The molecule has 4 N–H and O–H groups in total. The van der Waals surface area contributed by atoms with Crippen molar-refractivity contribution < 1.29 is 9.90 Å². The van der Waals surface area contributed by atoms with Gasteiger partial charge in [-0.05, 0) is 54.8 Å². The van der Waals surface area contributed by atoms with Crippen molar-refractivity contribution in [2.24, 2.45) is 0 Å². The number of hydrogen-bond acceptors (Lipinski definition) is 6. The second-order valence-electron chi connectivity index (χ2n) is 8.22. The van der Waals surface area contributed by atoms with E-state index < -0.39 is 6.09 Å². The molecule has 0 atom stereocenters. The van der Waals surface area contributed by atoms with Gasteiger partial charge in [-0.25, -0.2) is 19.7 Å². The third-order valence-electron chi connectivity index (χ3n) is 6.01. The van der Waals surface area contributed by atoms with Crippen LogP contribution in [0.3, 0.4) is 0 Å². The number of nitrogens with one attached hydrogen (secondary N) is 1. The molecule has 0 aliphatic carbocycles. The Balaban J connectivity index is 1.40. The van der Waals surface area contributed by atoms with Crippen LogP contribution < -0.4 is 11.1 Å². The number of fused-ring (bicyclic) bond motifs is 1. The van der Waals surface area contributed by atoms with E-state index in [2.05, 4.69) is 44.5 Å². The van der Waals surface area contributed by atoms with Crippen molar-refractivity contribution in [3.05, 3.63) is 66.5 Å². The fourth-order valence-electron chi connectivity index (χ4n) is 4.36. The van der Waals surface area contributed by atoms with E-state index in [9.17, 15) is 4.79 Å². The number of aromatic nitrogens is 4. The van der Waals surface area contributed by atoms with E-state index in [1.165, 1.54) is 5.56 Å². The summed E-state index contributed by atoms with van der Waals surface area (Å²) in [5.74, 6) is 1.13. The number of benzene rings is 1. The maximum atomic E-state index is 10.8. The topological polar surface area (TPSA) is 122 Å². The lowest BCUT2D eigenvalue weighted by Gasteiger charge is -2.31. The molecule has 1 aromatic carbocycles. The minimum Gasteiger partial charge on any atom is -0.465 e. The summed E-state index contributed by atoms with van der Waals surface area (Å²) >= 11 is 0. The number of nitrogens with two attached hydrogens (primary N) is 1. The van der Waals surface area contributed by atoms with Crippen LogP contribution in [0.15, 0.2) is 60.9 Å². The summed E-state index contributed by atoms with van der Waals surface area (Å²) in [4.78, 5) is 26.8. The Morgan fingerprint density at radius 1 is 1.06 bits per heavy atom. The van der Waals surface area contributed by atoms with Gasteiger partial charge in [0.25, 0.3) is 0 Å². The predicted octanol–water partition coefficient (Wildman–Crippen LogP) is 3.30. The minimum absolute atomic E-state index is 0.0430. The van der Waals surface area contributed by atoms with Crippen molar-refractivity contribution in [2.75, 3.05) is 18.8 Å². The van der Waals surface area contributed by atoms with Crippen LogP contribution in [0, 0.1) is 0 Å². The molecule has 9 nitrogen and oxygen atoms in total. The van der Waals surface area contributed by atoms with Gasteiger partial charge in [0.2, 0.25) is 0 Å². The molecule has 1 amide bonds. The maximum Gasteiger partial charge on any atom is 0.404 e. The van der Waals surface area contributed by atoms with Gasteiger partial charge in [0.1, 0.15) is 11.3 Å². The highest BCUT2D eigenvalue weighted by Gasteiger charge is 2.21. The average Bonchev–Trinajstić information content (AvgIpc) is 3.20. The third kappa shape index (κ3) is 4.35. The highest BCUT2D eigenvalue weighted by Crippen LogP contribution is 2.30. The first-order valence-corrected chi connectivity index (χ1v) is 10.9. The number of amides is 1. The molecule has 1 aliphatic rings. The summed E-state index contributed by atoms with van der Waals surface area (Å²) in [5.41, 5.74) is 10.6. The Hall–Kier alpha value is -3.98. The number of imidazole rings is 1. The number of nitrogen functional groups attached to an aromatic ring is 1. The number of carbonyl (C=O) groups is 1. The zero-order valence-electron chi connectivity index (χ0n) is 18.1. The molecule has 0 radical (unpaired) electrons. The molecule has 4 aromatic rings. The molecule has 1 saturated heterocycles. The van der Waals surface area contributed by atoms with E-state index in [1.54, 1.807) is 12.4 Å². The van der Waals surface area contributed by atoms with Crippen molar-refractivity contribution in [2.45, 2.75) is 25.4 Å². The van der Waals surface area contributed by atoms with Crippen molar-refractivity contribution in [3.8, 4) is 17.1 Å². The quantitative estimate of drug-likeness (QED) is 0.432. The number of piperidine rings is 1. The average molecular weight is 444 g/mol. The first-order valence-electron chi connectivity index (χ1n) is 10.9. The van der Waals surface area contributed by atoms with E-state index in [0.29, 0.717) is 11.6 Å². The van der Waals surface area contributed by atoms with Gasteiger partial charge < -0.3 is 16.2 Å². The monoisotopic (exact) mass is 443 g/mol. The molecule has 0 unspecified atom stereocenters. The zero-order valence-corrected chi connectivity index (χ0v) is 18.1. The predicted molar refractivity (Wildman–Crippen MR) is 126 cm³/mol. The maximum absolute atomic E-state index is 10.8. The Morgan fingerprint density at radius 2 is 1.79 bits per heavy atom. The molecule has 4 heterocycles. The van der Waals surface area contributed by atoms with Gasteiger partial charge in [-0.1, -0.05) is 12.1 Å². The second kappa shape index (κ2) is 8.87. The lowest BCUT2D eigenvalue weighted by molar-refractivity contribution is 0.165. The van der Waals surface area contributed by atoms with Crippen LogP contribution in [0.1, 0.15) is 18.4 Å².